The lowest BCUT2D eigenvalue weighted by atomic mass is 10.1. The molecular formula is C22H27N3O3. The molecule has 0 unspecified atom stereocenters. The number of ether oxygens (including phenoxy) is 2. The van der Waals surface area contributed by atoms with E-state index in [1.165, 1.54) is 0 Å². The van der Waals surface area contributed by atoms with Gasteiger partial charge in [-0.05, 0) is 58.2 Å². The van der Waals surface area contributed by atoms with E-state index in [0.29, 0.717) is 0 Å². The van der Waals surface area contributed by atoms with Gasteiger partial charge in [-0.3, -0.25) is 9.88 Å². The second kappa shape index (κ2) is 7.54. The SMILES string of the molecule is COc1c(C)cnc(CN(C(=O)OC(C)(C)C)c2ccc3cc[nH]c3c2)c1C. The first-order valence-electron chi connectivity index (χ1n) is 9.26. The molecule has 3 rings (SSSR count). The van der Waals surface area contributed by atoms with E-state index in [1.807, 2.05) is 65.1 Å². The summed E-state index contributed by atoms with van der Waals surface area (Å²) in [7, 11) is 1.64. The van der Waals surface area contributed by atoms with Crippen molar-refractivity contribution in [3.05, 3.63) is 53.5 Å². The number of pyridine rings is 1. The predicted octanol–water partition coefficient (Wildman–Crippen LogP) is 5.13. The van der Waals surface area contributed by atoms with Crippen LogP contribution in [0, 0.1) is 13.8 Å². The number of rotatable bonds is 4. The van der Waals surface area contributed by atoms with E-state index >= 15 is 0 Å². The van der Waals surface area contributed by atoms with Crippen LogP contribution in [-0.4, -0.2) is 28.8 Å². The number of methoxy groups -OCH3 is 1. The second-order valence-corrected chi connectivity index (χ2v) is 7.86. The maximum absolute atomic E-state index is 13.0. The fourth-order valence-corrected chi connectivity index (χ4v) is 3.16. The van der Waals surface area contributed by atoms with Gasteiger partial charge in [0.1, 0.15) is 11.4 Å². The molecule has 0 bridgehead atoms. The van der Waals surface area contributed by atoms with Crippen molar-refractivity contribution >= 4 is 22.7 Å². The van der Waals surface area contributed by atoms with E-state index in [4.69, 9.17) is 9.47 Å². The highest BCUT2D eigenvalue weighted by Crippen LogP contribution is 2.28. The molecule has 6 heteroatoms. The number of carbonyl (C=O) groups excluding carboxylic acids is 1. The number of aromatic amines is 1. The van der Waals surface area contributed by atoms with E-state index in [9.17, 15) is 4.79 Å². The number of benzene rings is 1. The Morgan fingerprint density at radius 1 is 1.21 bits per heavy atom. The minimum absolute atomic E-state index is 0.281. The zero-order valence-corrected chi connectivity index (χ0v) is 17.3. The number of carbonyl (C=O) groups is 1. The number of aromatic nitrogens is 2. The van der Waals surface area contributed by atoms with E-state index in [-0.39, 0.29) is 6.54 Å². The summed E-state index contributed by atoms with van der Waals surface area (Å²) >= 11 is 0. The third-order valence-electron chi connectivity index (χ3n) is 4.52. The van der Waals surface area contributed by atoms with Gasteiger partial charge in [0.2, 0.25) is 0 Å². The van der Waals surface area contributed by atoms with Crippen LogP contribution in [0.15, 0.2) is 36.7 Å². The maximum Gasteiger partial charge on any atom is 0.415 e. The van der Waals surface area contributed by atoms with Crippen molar-refractivity contribution < 1.29 is 14.3 Å². The standard InChI is InChI=1S/C22H27N3O3/c1-14-12-24-19(15(2)20(14)27-6)13-25(21(26)28-22(3,4)5)17-8-7-16-9-10-23-18(16)11-17/h7-12,23H,13H2,1-6H3. The van der Waals surface area contributed by atoms with Crippen molar-refractivity contribution in [3.8, 4) is 5.75 Å². The molecule has 6 nitrogen and oxygen atoms in total. The van der Waals surface area contributed by atoms with Crippen LogP contribution < -0.4 is 9.64 Å². The van der Waals surface area contributed by atoms with Gasteiger partial charge in [0.15, 0.2) is 0 Å². The lowest BCUT2D eigenvalue weighted by molar-refractivity contribution is 0.0577. The number of nitrogens with zero attached hydrogens (tertiary/aromatic N) is 2. The number of hydrogen-bond donors (Lipinski definition) is 1. The molecule has 0 atom stereocenters. The van der Waals surface area contributed by atoms with Crippen LogP contribution in [0.5, 0.6) is 5.75 Å². The van der Waals surface area contributed by atoms with Gasteiger partial charge in [-0.1, -0.05) is 6.07 Å². The van der Waals surface area contributed by atoms with Crippen LogP contribution in [0.3, 0.4) is 0 Å². The number of nitrogens with one attached hydrogen (secondary N) is 1. The largest absolute Gasteiger partial charge is 0.496 e. The minimum Gasteiger partial charge on any atom is -0.496 e. The molecule has 0 fully saturated rings. The van der Waals surface area contributed by atoms with E-state index in [1.54, 1.807) is 18.2 Å². The Morgan fingerprint density at radius 2 is 1.96 bits per heavy atom. The molecule has 3 aromatic rings. The number of fused-ring (bicyclic) bond motifs is 1. The highest BCUT2D eigenvalue weighted by atomic mass is 16.6. The van der Waals surface area contributed by atoms with Crippen molar-refractivity contribution in [1.29, 1.82) is 0 Å². The minimum atomic E-state index is -0.598. The van der Waals surface area contributed by atoms with Gasteiger partial charge in [0, 0.05) is 34.7 Å². The topological polar surface area (TPSA) is 67.4 Å². The van der Waals surface area contributed by atoms with E-state index < -0.39 is 11.7 Å². The van der Waals surface area contributed by atoms with Gasteiger partial charge in [0.05, 0.1) is 19.3 Å². The highest BCUT2D eigenvalue weighted by molar-refractivity contribution is 5.92. The molecule has 0 aliphatic rings. The number of aryl methyl sites for hydroxylation is 1. The average molecular weight is 381 g/mol. The van der Waals surface area contributed by atoms with Crippen LogP contribution in [0.4, 0.5) is 10.5 Å². The zero-order valence-electron chi connectivity index (χ0n) is 17.3. The molecular weight excluding hydrogens is 354 g/mol. The Hall–Kier alpha value is -3.02. The third kappa shape index (κ3) is 4.11. The highest BCUT2D eigenvalue weighted by Gasteiger charge is 2.25. The van der Waals surface area contributed by atoms with Gasteiger partial charge in [-0.2, -0.15) is 0 Å². The summed E-state index contributed by atoms with van der Waals surface area (Å²) in [6.45, 7) is 9.76. The van der Waals surface area contributed by atoms with E-state index in [2.05, 4.69) is 9.97 Å². The molecule has 1 amide bonds. The fraction of sp³-hybridized carbons (Fsp3) is 0.364. The Kier molecular flexibility index (Phi) is 5.31. The molecule has 28 heavy (non-hydrogen) atoms. The number of hydrogen-bond acceptors (Lipinski definition) is 4. The van der Waals surface area contributed by atoms with Crippen molar-refractivity contribution in [2.75, 3.05) is 12.0 Å². The number of H-pyrrole nitrogens is 1. The summed E-state index contributed by atoms with van der Waals surface area (Å²) in [5.41, 5.74) is 3.73. The first-order chi connectivity index (χ1) is 13.2. The molecule has 2 aromatic heterocycles. The Labute approximate surface area is 165 Å². The maximum atomic E-state index is 13.0. The Balaban J connectivity index is 2.02. The summed E-state index contributed by atoms with van der Waals surface area (Å²) < 4.78 is 11.2. The molecule has 1 aromatic carbocycles. The Morgan fingerprint density at radius 3 is 2.64 bits per heavy atom. The zero-order chi connectivity index (χ0) is 20.5. The summed E-state index contributed by atoms with van der Waals surface area (Å²) in [6.07, 6.45) is 3.23. The van der Waals surface area contributed by atoms with Crippen molar-refractivity contribution in [2.45, 2.75) is 46.8 Å². The molecule has 0 saturated heterocycles. The molecule has 0 aliphatic carbocycles. The van der Waals surface area contributed by atoms with Gasteiger partial charge in [-0.25, -0.2) is 4.79 Å². The summed E-state index contributed by atoms with van der Waals surface area (Å²) in [5.74, 6) is 0.786. The van der Waals surface area contributed by atoms with Gasteiger partial charge >= 0.3 is 6.09 Å². The first kappa shape index (κ1) is 19.7. The summed E-state index contributed by atoms with van der Waals surface area (Å²) in [4.78, 5) is 22.3. The van der Waals surface area contributed by atoms with Crippen LogP contribution in [0.1, 0.15) is 37.6 Å². The monoisotopic (exact) mass is 381 g/mol. The van der Waals surface area contributed by atoms with Crippen LogP contribution in [-0.2, 0) is 11.3 Å². The lowest BCUT2D eigenvalue weighted by Gasteiger charge is -2.28. The lowest BCUT2D eigenvalue weighted by Crippen LogP contribution is -2.37. The fourth-order valence-electron chi connectivity index (χ4n) is 3.16. The van der Waals surface area contributed by atoms with E-state index in [0.717, 1.165) is 39.2 Å². The van der Waals surface area contributed by atoms with Crippen molar-refractivity contribution in [3.63, 3.8) is 0 Å². The predicted molar refractivity (Wildman–Crippen MR) is 111 cm³/mol. The number of amides is 1. The smallest absolute Gasteiger partial charge is 0.415 e. The van der Waals surface area contributed by atoms with Crippen molar-refractivity contribution in [1.82, 2.24) is 9.97 Å². The van der Waals surface area contributed by atoms with Crippen molar-refractivity contribution in [2.24, 2.45) is 0 Å². The van der Waals surface area contributed by atoms with Crippen LogP contribution in [0.25, 0.3) is 10.9 Å². The molecule has 148 valence electrons. The van der Waals surface area contributed by atoms with Crippen LogP contribution in [0.2, 0.25) is 0 Å². The third-order valence-corrected chi connectivity index (χ3v) is 4.52. The molecule has 0 aliphatic heterocycles. The van der Waals surface area contributed by atoms with Gasteiger partial charge in [0.25, 0.3) is 0 Å². The molecule has 0 saturated carbocycles. The number of anilines is 1. The summed E-state index contributed by atoms with van der Waals surface area (Å²) in [6, 6.07) is 7.84. The molecule has 1 N–H and O–H groups in total. The quantitative estimate of drug-likeness (QED) is 0.680. The second-order valence-electron chi connectivity index (χ2n) is 7.86. The Bertz CT molecular complexity index is 1000. The van der Waals surface area contributed by atoms with Gasteiger partial charge in [-0.15, -0.1) is 0 Å². The summed E-state index contributed by atoms with van der Waals surface area (Å²) in [5, 5.41) is 1.08. The van der Waals surface area contributed by atoms with Gasteiger partial charge < -0.3 is 14.5 Å². The first-order valence-corrected chi connectivity index (χ1v) is 9.26. The normalized spacial score (nSPS) is 11.5. The molecule has 0 spiro atoms. The molecule has 0 radical (unpaired) electrons. The average Bonchev–Trinajstić information content (AvgIpc) is 3.07. The van der Waals surface area contributed by atoms with Crippen LogP contribution >= 0.6 is 0 Å². The molecule has 2 heterocycles.